The van der Waals surface area contributed by atoms with Gasteiger partial charge in [0.05, 0.1) is 6.33 Å². The Morgan fingerprint density at radius 2 is 2.47 bits per heavy atom. The first-order chi connectivity index (χ1) is 7.25. The van der Waals surface area contributed by atoms with Gasteiger partial charge >= 0.3 is 0 Å². The van der Waals surface area contributed by atoms with Crippen LogP contribution in [0.15, 0.2) is 15.6 Å². The van der Waals surface area contributed by atoms with Crippen LogP contribution in [0.5, 0.6) is 0 Å². The lowest BCUT2D eigenvalue weighted by atomic mass is 10.4. The van der Waals surface area contributed by atoms with Gasteiger partial charge in [-0.15, -0.1) is 0 Å². The summed E-state index contributed by atoms with van der Waals surface area (Å²) >= 11 is 3.16. The smallest absolute Gasteiger partial charge is 0.267 e. The predicted octanol–water partition coefficient (Wildman–Crippen LogP) is 1.37. The van der Waals surface area contributed by atoms with Crippen LogP contribution in [0.2, 0.25) is 0 Å². The Morgan fingerprint density at radius 3 is 3.20 bits per heavy atom. The highest BCUT2D eigenvalue weighted by Gasteiger charge is 2.03. The Morgan fingerprint density at radius 1 is 1.67 bits per heavy atom. The summed E-state index contributed by atoms with van der Waals surface area (Å²) in [6.45, 7) is 4.13. The minimum atomic E-state index is -0.183. The van der Waals surface area contributed by atoms with Crippen molar-refractivity contribution in [2.75, 3.05) is 25.1 Å². The quantitative estimate of drug-likeness (QED) is 0.770. The standard InChI is InChI=1S/C9H14BrN3O2/c1-2-15-5-3-4-11-8-7(10)9(14)13-6-12-8/h6H,2-5H2,1H3,(H2,11,12,13,14). The molecule has 0 atom stereocenters. The van der Waals surface area contributed by atoms with Crippen LogP contribution < -0.4 is 10.9 Å². The minimum absolute atomic E-state index is 0.183. The van der Waals surface area contributed by atoms with E-state index in [0.717, 1.165) is 19.6 Å². The van der Waals surface area contributed by atoms with Gasteiger partial charge in [0.25, 0.3) is 5.56 Å². The number of nitrogens with zero attached hydrogens (tertiary/aromatic N) is 1. The largest absolute Gasteiger partial charge is 0.382 e. The van der Waals surface area contributed by atoms with Gasteiger partial charge in [-0.1, -0.05) is 0 Å². The summed E-state index contributed by atoms with van der Waals surface area (Å²) in [6.07, 6.45) is 2.26. The molecule has 0 bridgehead atoms. The zero-order chi connectivity index (χ0) is 11.1. The third-order valence-electron chi connectivity index (χ3n) is 1.76. The molecule has 0 aliphatic heterocycles. The van der Waals surface area contributed by atoms with Gasteiger partial charge in [0.2, 0.25) is 0 Å². The van der Waals surface area contributed by atoms with Gasteiger partial charge < -0.3 is 15.0 Å². The van der Waals surface area contributed by atoms with Crippen molar-refractivity contribution in [1.82, 2.24) is 9.97 Å². The molecule has 0 aliphatic carbocycles. The normalized spacial score (nSPS) is 10.3. The van der Waals surface area contributed by atoms with Gasteiger partial charge in [-0.05, 0) is 29.3 Å². The number of nitrogens with one attached hydrogen (secondary N) is 2. The first-order valence-electron chi connectivity index (χ1n) is 4.80. The van der Waals surface area contributed by atoms with Crippen molar-refractivity contribution < 1.29 is 4.74 Å². The van der Waals surface area contributed by atoms with Crippen molar-refractivity contribution in [1.29, 1.82) is 0 Å². The Hall–Kier alpha value is -0.880. The molecule has 6 heteroatoms. The minimum Gasteiger partial charge on any atom is -0.382 e. The van der Waals surface area contributed by atoms with Crippen LogP contribution in [-0.4, -0.2) is 29.7 Å². The second kappa shape index (κ2) is 6.58. The number of halogens is 1. The summed E-state index contributed by atoms with van der Waals surface area (Å²) < 4.78 is 5.62. The number of H-pyrrole nitrogens is 1. The molecule has 0 radical (unpaired) electrons. The van der Waals surface area contributed by atoms with E-state index in [4.69, 9.17) is 4.74 Å². The molecule has 0 spiro atoms. The molecule has 5 nitrogen and oxygen atoms in total. The fraction of sp³-hybridized carbons (Fsp3) is 0.556. The van der Waals surface area contributed by atoms with Crippen LogP contribution in [0, 0.1) is 0 Å². The number of hydrogen-bond acceptors (Lipinski definition) is 4. The summed E-state index contributed by atoms with van der Waals surface area (Å²) in [5, 5.41) is 3.05. The van der Waals surface area contributed by atoms with Crippen LogP contribution in [0.1, 0.15) is 13.3 Å². The summed E-state index contributed by atoms with van der Waals surface area (Å²) in [6, 6.07) is 0. The number of anilines is 1. The number of rotatable bonds is 6. The molecule has 1 aromatic heterocycles. The molecule has 0 fully saturated rings. The average Bonchev–Trinajstić information content (AvgIpc) is 2.24. The number of hydrogen-bond donors (Lipinski definition) is 2. The molecule has 0 saturated carbocycles. The highest BCUT2D eigenvalue weighted by molar-refractivity contribution is 9.10. The predicted molar refractivity (Wildman–Crippen MR) is 62.2 cm³/mol. The molecule has 0 saturated heterocycles. The van der Waals surface area contributed by atoms with Crippen LogP contribution in [0.3, 0.4) is 0 Å². The van der Waals surface area contributed by atoms with E-state index in [1.165, 1.54) is 6.33 Å². The van der Waals surface area contributed by atoms with Crippen LogP contribution in [0.25, 0.3) is 0 Å². The van der Waals surface area contributed by atoms with Gasteiger partial charge in [-0.25, -0.2) is 4.98 Å². The Labute approximate surface area is 96.4 Å². The van der Waals surface area contributed by atoms with E-state index in [9.17, 15) is 4.79 Å². The first-order valence-corrected chi connectivity index (χ1v) is 5.59. The summed E-state index contributed by atoms with van der Waals surface area (Å²) in [5.74, 6) is 0.565. The van der Waals surface area contributed by atoms with E-state index in [2.05, 4.69) is 31.2 Å². The molecule has 2 N–H and O–H groups in total. The van der Waals surface area contributed by atoms with Gasteiger partial charge in [0.15, 0.2) is 0 Å². The van der Waals surface area contributed by atoms with Crippen molar-refractivity contribution in [2.45, 2.75) is 13.3 Å². The van der Waals surface area contributed by atoms with Crippen molar-refractivity contribution in [3.63, 3.8) is 0 Å². The molecule has 15 heavy (non-hydrogen) atoms. The lowest BCUT2D eigenvalue weighted by molar-refractivity contribution is 0.147. The van der Waals surface area contributed by atoms with E-state index in [1.54, 1.807) is 0 Å². The van der Waals surface area contributed by atoms with Crippen molar-refractivity contribution >= 4 is 21.7 Å². The summed E-state index contributed by atoms with van der Waals surface area (Å²) in [7, 11) is 0. The third kappa shape index (κ3) is 4.01. The molecule has 0 amide bonds. The maximum atomic E-state index is 11.2. The van der Waals surface area contributed by atoms with Crippen LogP contribution in [0.4, 0.5) is 5.82 Å². The average molecular weight is 276 g/mol. The van der Waals surface area contributed by atoms with Crippen molar-refractivity contribution in [3.8, 4) is 0 Å². The van der Waals surface area contributed by atoms with E-state index >= 15 is 0 Å². The topological polar surface area (TPSA) is 67.0 Å². The van der Waals surface area contributed by atoms with Gasteiger partial charge in [0, 0.05) is 19.8 Å². The molecule has 84 valence electrons. The SMILES string of the molecule is CCOCCCNc1nc[nH]c(=O)c1Br. The molecular weight excluding hydrogens is 262 g/mol. The Bertz CT molecular complexity index is 353. The lowest BCUT2D eigenvalue weighted by Gasteiger charge is -2.06. The first kappa shape index (κ1) is 12.2. The molecule has 1 aromatic rings. The Kier molecular flexibility index (Phi) is 5.34. The van der Waals surface area contributed by atoms with Gasteiger partial charge in [-0.2, -0.15) is 0 Å². The lowest BCUT2D eigenvalue weighted by Crippen LogP contribution is -2.13. The fourth-order valence-electron chi connectivity index (χ4n) is 1.03. The highest BCUT2D eigenvalue weighted by atomic mass is 79.9. The van der Waals surface area contributed by atoms with Gasteiger partial charge in [0.1, 0.15) is 10.3 Å². The maximum absolute atomic E-state index is 11.2. The summed E-state index contributed by atoms with van der Waals surface area (Å²) in [4.78, 5) is 17.6. The monoisotopic (exact) mass is 275 g/mol. The molecular formula is C9H14BrN3O2. The second-order valence-corrected chi connectivity index (χ2v) is 3.66. The fourth-order valence-corrected chi connectivity index (χ4v) is 1.39. The van der Waals surface area contributed by atoms with Gasteiger partial charge in [-0.3, -0.25) is 4.79 Å². The zero-order valence-corrected chi connectivity index (χ0v) is 10.1. The van der Waals surface area contributed by atoms with E-state index in [0.29, 0.717) is 16.9 Å². The van der Waals surface area contributed by atoms with E-state index in [-0.39, 0.29) is 5.56 Å². The van der Waals surface area contributed by atoms with Crippen LogP contribution >= 0.6 is 15.9 Å². The number of aromatic amines is 1. The van der Waals surface area contributed by atoms with Crippen molar-refractivity contribution in [3.05, 3.63) is 21.2 Å². The van der Waals surface area contributed by atoms with Crippen molar-refractivity contribution in [2.24, 2.45) is 0 Å². The zero-order valence-electron chi connectivity index (χ0n) is 8.55. The second-order valence-electron chi connectivity index (χ2n) is 2.87. The maximum Gasteiger partial charge on any atom is 0.267 e. The molecule has 1 rings (SSSR count). The number of ether oxygens (including phenoxy) is 1. The molecule has 1 heterocycles. The third-order valence-corrected chi connectivity index (χ3v) is 2.49. The number of aromatic nitrogens is 2. The summed E-state index contributed by atoms with van der Waals surface area (Å²) in [5.41, 5.74) is -0.183. The highest BCUT2D eigenvalue weighted by Crippen LogP contribution is 2.12. The van der Waals surface area contributed by atoms with E-state index < -0.39 is 0 Å². The molecule has 0 aliphatic rings. The Balaban J connectivity index is 2.38. The van der Waals surface area contributed by atoms with E-state index in [1.807, 2.05) is 6.92 Å². The van der Waals surface area contributed by atoms with Crippen LogP contribution in [-0.2, 0) is 4.74 Å². The molecule has 0 aromatic carbocycles. The molecule has 0 unspecified atom stereocenters.